The molecule has 0 aromatic heterocycles. The average molecular weight is 285 g/mol. The van der Waals surface area contributed by atoms with Gasteiger partial charge in [-0.2, -0.15) is 0 Å². The van der Waals surface area contributed by atoms with Crippen LogP contribution < -0.4 is 4.74 Å². The Labute approximate surface area is 105 Å². The minimum absolute atomic E-state index is 0.102. The standard InChI is InChI=1S/C13H17BrO2/c1-8-6-10(16-5)7-9(2)11(8)12(15)13(3,4)14/h6-7H,1-5H3. The van der Waals surface area contributed by atoms with Crippen LogP contribution in [0.25, 0.3) is 0 Å². The van der Waals surface area contributed by atoms with Crippen molar-refractivity contribution in [2.24, 2.45) is 0 Å². The Hall–Kier alpha value is -0.830. The molecule has 0 N–H and O–H groups in total. The number of hydrogen-bond acceptors (Lipinski definition) is 2. The van der Waals surface area contributed by atoms with Gasteiger partial charge < -0.3 is 4.74 Å². The molecule has 0 fully saturated rings. The highest BCUT2D eigenvalue weighted by Crippen LogP contribution is 2.28. The van der Waals surface area contributed by atoms with Crippen LogP contribution in [0.15, 0.2) is 12.1 Å². The van der Waals surface area contributed by atoms with Crippen molar-refractivity contribution in [1.29, 1.82) is 0 Å². The molecule has 0 bridgehead atoms. The van der Waals surface area contributed by atoms with Gasteiger partial charge in [0.15, 0.2) is 5.78 Å². The lowest BCUT2D eigenvalue weighted by Crippen LogP contribution is -2.25. The first-order chi connectivity index (χ1) is 7.27. The highest BCUT2D eigenvalue weighted by atomic mass is 79.9. The number of carbonyl (C=O) groups excluding carboxylic acids is 1. The highest BCUT2D eigenvalue weighted by molar-refractivity contribution is 9.10. The molecule has 0 spiro atoms. The predicted molar refractivity (Wildman–Crippen MR) is 69.8 cm³/mol. The molecule has 1 aromatic rings. The van der Waals surface area contributed by atoms with Gasteiger partial charge in [0.1, 0.15) is 5.75 Å². The summed E-state index contributed by atoms with van der Waals surface area (Å²) in [5.41, 5.74) is 2.69. The van der Waals surface area contributed by atoms with Crippen LogP contribution in [0, 0.1) is 13.8 Å². The van der Waals surface area contributed by atoms with Crippen molar-refractivity contribution in [3.63, 3.8) is 0 Å². The van der Waals surface area contributed by atoms with Crippen molar-refractivity contribution in [2.75, 3.05) is 7.11 Å². The van der Waals surface area contributed by atoms with E-state index in [4.69, 9.17) is 4.74 Å². The van der Waals surface area contributed by atoms with E-state index >= 15 is 0 Å². The normalized spacial score (nSPS) is 11.4. The SMILES string of the molecule is COc1cc(C)c(C(=O)C(C)(C)Br)c(C)c1. The molecule has 0 heterocycles. The lowest BCUT2D eigenvalue weighted by atomic mass is 9.93. The van der Waals surface area contributed by atoms with E-state index in [1.165, 1.54) is 0 Å². The molecule has 0 unspecified atom stereocenters. The number of hydrogen-bond donors (Lipinski definition) is 0. The van der Waals surface area contributed by atoms with Crippen LogP contribution in [0.4, 0.5) is 0 Å². The zero-order valence-corrected chi connectivity index (χ0v) is 11.9. The Morgan fingerprint density at radius 2 is 1.69 bits per heavy atom. The minimum Gasteiger partial charge on any atom is -0.497 e. The van der Waals surface area contributed by atoms with Crippen LogP contribution in [0.3, 0.4) is 0 Å². The number of benzene rings is 1. The molecule has 1 rings (SSSR count). The fourth-order valence-electron chi connectivity index (χ4n) is 1.70. The summed E-state index contributed by atoms with van der Waals surface area (Å²) in [4.78, 5) is 12.2. The quantitative estimate of drug-likeness (QED) is 0.625. The van der Waals surface area contributed by atoms with Crippen molar-refractivity contribution in [3.05, 3.63) is 28.8 Å². The maximum Gasteiger partial charge on any atom is 0.179 e. The third-order valence-corrected chi connectivity index (χ3v) is 2.87. The molecule has 1 aromatic carbocycles. The number of aryl methyl sites for hydroxylation is 2. The molecule has 0 radical (unpaired) electrons. The summed E-state index contributed by atoms with van der Waals surface area (Å²) in [6.45, 7) is 7.58. The molecule has 0 atom stereocenters. The van der Waals surface area contributed by atoms with Crippen molar-refractivity contribution in [2.45, 2.75) is 32.0 Å². The molecule has 0 aliphatic rings. The second kappa shape index (κ2) is 4.58. The number of carbonyl (C=O) groups is 1. The number of alkyl halides is 1. The molecule has 0 saturated heterocycles. The van der Waals surface area contributed by atoms with Gasteiger partial charge in [0, 0.05) is 5.56 Å². The number of ether oxygens (including phenoxy) is 1. The van der Waals surface area contributed by atoms with Crippen LogP contribution in [-0.4, -0.2) is 17.2 Å². The summed E-state index contributed by atoms with van der Waals surface area (Å²) in [6.07, 6.45) is 0. The second-order valence-electron chi connectivity index (χ2n) is 4.44. The number of ketones is 1. The molecule has 16 heavy (non-hydrogen) atoms. The zero-order chi connectivity index (χ0) is 12.5. The van der Waals surface area contributed by atoms with Gasteiger partial charge in [-0.15, -0.1) is 0 Å². The van der Waals surface area contributed by atoms with Crippen LogP contribution in [-0.2, 0) is 0 Å². The van der Waals surface area contributed by atoms with E-state index in [1.807, 2.05) is 39.8 Å². The zero-order valence-electron chi connectivity index (χ0n) is 10.3. The van der Waals surface area contributed by atoms with Crippen molar-refractivity contribution in [3.8, 4) is 5.75 Å². The summed E-state index contributed by atoms with van der Waals surface area (Å²) >= 11 is 3.40. The fraction of sp³-hybridized carbons (Fsp3) is 0.462. The van der Waals surface area contributed by atoms with Gasteiger partial charge in [0.05, 0.1) is 11.4 Å². The van der Waals surface area contributed by atoms with Crippen LogP contribution in [0.2, 0.25) is 0 Å². The summed E-state index contributed by atoms with van der Waals surface area (Å²) in [7, 11) is 1.63. The van der Waals surface area contributed by atoms with E-state index in [-0.39, 0.29) is 5.78 Å². The molecule has 0 saturated carbocycles. The molecular formula is C13H17BrO2. The number of rotatable bonds is 3. The summed E-state index contributed by atoms with van der Waals surface area (Å²) < 4.78 is 4.64. The summed E-state index contributed by atoms with van der Waals surface area (Å²) in [5, 5.41) is 0. The Morgan fingerprint density at radius 3 is 2.00 bits per heavy atom. The molecule has 3 heteroatoms. The van der Waals surface area contributed by atoms with Gasteiger partial charge >= 0.3 is 0 Å². The van der Waals surface area contributed by atoms with E-state index in [9.17, 15) is 4.79 Å². The lowest BCUT2D eigenvalue weighted by molar-refractivity contribution is 0.0960. The third-order valence-electron chi connectivity index (χ3n) is 2.51. The van der Waals surface area contributed by atoms with Crippen molar-refractivity contribution >= 4 is 21.7 Å². The first kappa shape index (κ1) is 13.2. The Morgan fingerprint density at radius 1 is 1.25 bits per heavy atom. The topological polar surface area (TPSA) is 26.3 Å². The second-order valence-corrected chi connectivity index (χ2v) is 6.42. The summed E-state index contributed by atoms with van der Waals surface area (Å²) in [6, 6.07) is 3.78. The first-order valence-corrected chi connectivity index (χ1v) is 5.95. The Bertz CT molecular complexity index is 393. The van der Waals surface area contributed by atoms with E-state index in [2.05, 4.69) is 15.9 Å². The third kappa shape index (κ3) is 2.64. The van der Waals surface area contributed by atoms with Gasteiger partial charge in [-0.1, -0.05) is 15.9 Å². The van der Waals surface area contributed by atoms with E-state index in [0.29, 0.717) is 0 Å². The van der Waals surface area contributed by atoms with Crippen LogP contribution in [0.5, 0.6) is 5.75 Å². The predicted octanol–water partition coefficient (Wildman–Crippen LogP) is 3.67. The van der Waals surface area contributed by atoms with E-state index in [0.717, 1.165) is 22.4 Å². The molecule has 0 amide bonds. The minimum atomic E-state index is -0.531. The molecular weight excluding hydrogens is 268 g/mol. The van der Waals surface area contributed by atoms with Crippen molar-refractivity contribution < 1.29 is 9.53 Å². The molecule has 0 aliphatic heterocycles. The monoisotopic (exact) mass is 284 g/mol. The maximum atomic E-state index is 12.2. The lowest BCUT2D eigenvalue weighted by Gasteiger charge is -2.18. The van der Waals surface area contributed by atoms with Crippen LogP contribution >= 0.6 is 15.9 Å². The molecule has 2 nitrogen and oxygen atoms in total. The van der Waals surface area contributed by atoms with E-state index < -0.39 is 4.32 Å². The number of Topliss-reactive ketones (excluding diaryl/α,β-unsaturated/α-hetero) is 1. The van der Waals surface area contributed by atoms with Gasteiger partial charge in [0.2, 0.25) is 0 Å². The first-order valence-electron chi connectivity index (χ1n) is 5.16. The van der Waals surface area contributed by atoms with Gasteiger partial charge in [-0.3, -0.25) is 4.79 Å². The Balaban J connectivity index is 3.31. The largest absolute Gasteiger partial charge is 0.497 e. The number of halogens is 1. The smallest absolute Gasteiger partial charge is 0.179 e. The fourth-order valence-corrected chi connectivity index (χ4v) is 1.90. The average Bonchev–Trinajstić information content (AvgIpc) is 2.14. The molecule has 0 aliphatic carbocycles. The van der Waals surface area contributed by atoms with Gasteiger partial charge in [-0.25, -0.2) is 0 Å². The summed E-state index contributed by atoms with van der Waals surface area (Å²) in [5.74, 6) is 0.893. The van der Waals surface area contributed by atoms with Crippen LogP contribution in [0.1, 0.15) is 35.3 Å². The number of methoxy groups -OCH3 is 1. The van der Waals surface area contributed by atoms with E-state index in [1.54, 1.807) is 7.11 Å². The molecule has 88 valence electrons. The van der Waals surface area contributed by atoms with Gasteiger partial charge in [0.25, 0.3) is 0 Å². The Kier molecular flexibility index (Phi) is 3.79. The maximum absolute atomic E-state index is 12.2. The highest BCUT2D eigenvalue weighted by Gasteiger charge is 2.27. The van der Waals surface area contributed by atoms with Gasteiger partial charge in [-0.05, 0) is 51.0 Å². The van der Waals surface area contributed by atoms with Crippen molar-refractivity contribution in [1.82, 2.24) is 0 Å².